The highest BCUT2D eigenvalue weighted by Crippen LogP contribution is 2.30. The molecule has 0 bridgehead atoms. The quantitative estimate of drug-likeness (QED) is 0.829. The molecule has 0 saturated carbocycles. The van der Waals surface area contributed by atoms with Crippen molar-refractivity contribution in [1.82, 2.24) is 9.97 Å². The van der Waals surface area contributed by atoms with E-state index in [0.29, 0.717) is 33.3 Å². The highest BCUT2D eigenvalue weighted by atomic mass is 35.5. The number of halogens is 2. The molecule has 1 unspecified atom stereocenters. The van der Waals surface area contributed by atoms with E-state index in [-0.39, 0.29) is 5.91 Å². The molecule has 1 aliphatic rings. The fourth-order valence-corrected chi connectivity index (χ4v) is 3.42. The van der Waals surface area contributed by atoms with Crippen molar-refractivity contribution in [3.63, 3.8) is 0 Å². The summed E-state index contributed by atoms with van der Waals surface area (Å²) >= 11 is 12.1. The third-order valence-electron chi connectivity index (χ3n) is 4.46. The van der Waals surface area contributed by atoms with Crippen molar-refractivity contribution in [2.24, 2.45) is 0 Å². The third-order valence-corrected chi connectivity index (χ3v) is 5.27. The molecule has 1 aromatic heterocycles. The van der Waals surface area contributed by atoms with Gasteiger partial charge in [-0.25, -0.2) is 9.97 Å². The van der Waals surface area contributed by atoms with Crippen LogP contribution in [0.5, 0.6) is 0 Å². The summed E-state index contributed by atoms with van der Waals surface area (Å²) in [5.41, 5.74) is 0.843. The number of anilines is 2. The first-order valence-electron chi connectivity index (χ1n) is 8.44. The van der Waals surface area contributed by atoms with E-state index in [2.05, 4.69) is 27.1 Å². The molecular formula is C18H20Cl2N4O. The topological polar surface area (TPSA) is 58.1 Å². The second-order valence-corrected chi connectivity index (χ2v) is 6.86. The van der Waals surface area contributed by atoms with Crippen LogP contribution in [-0.2, 0) is 0 Å². The van der Waals surface area contributed by atoms with Gasteiger partial charge in [-0.1, -0.05) is 36.2 Å². The molecule has 2 heterocycles. The Kier molecular flexibility index (Phi) is 5.76. The van der Waals surface area contributed by atoms with Crippen LogP contribution in [0.2, 0.25) is 10.0 Å². The molecule has 0 radical (unpaired) electrons. The second-order valence-electron chi connectivity index (χ2n) is 6.08. The number of benzene rings is 1. The smallest absolute Gasteiger partial charge is 0.258 e. The van der Waals surface area contributed by atoms with Crippen LogP contribution in [0.3, 0.4) is 0 Å². The number of hydrogen-bond donors (Lipinski definition) is 1. The molecule has 2 aromatic rings. The normalized spacial score (nSPS) is 17.4. The predicted molar refractivity (Wildman–Crippen MR) is 102 cm³/mol. The first-order valence-corrected chi connectivity index (χ1v) is 9.19. The molecule has 0 spiro atoms. The fourth-order valence-electron chi connectivity index (χ4n) is 3.07. The molecule has 1 atom stereocenters. The molecule has 1 saturated heterocycles. The van der Waals surface area contributed by atoms with Crippen molar-refractivity contribution in [3.8, 4) is 0 Å². The zero-order valence-electron chi connectivity index (χ0n) is 14.0. The van der Waals surface area contributed by atoms with Crippen LogP contribution in [0, 0.1) is 0 Å². The van der Waals surface area contributed by atoms with Gasteiger partial charge in [0.15, 0.2) is 0 Å². The number of carbonyl (C=O) groups excluding carboxylic acids is 1. The first kappa shape index (κ1) is 18.0. The number of hydrogen-bond acceptors (Lipinski definition) is 4. The van der Waals surface area contributed by atoms with Crippen LogP contribution in [0.4, 0.5) is 11.6 Å². The number of rotatable bonds is 4. The molecule has 7 heteroatoms. The lowest BCUT2D eigenvalue weighted by molar-refractivity contribution is 0.102. The van der Waals surface area contributed by atoms with Crippen LogP contribution in [0.25, 0.3) is 0 Å². The van der Waals surface area contributed by atoms with E-state index in [9.17, 15) is 4.79 Å². The summed E-state index contributed by atoms with van der Waals surface area (Å²) in [5, 5.41) is 3.44. The highest BCUT2D eigenvalue weighted by Gasteiger charge is 2.23. The molecule has 25 heavy (non-hydrogen) atoms. The summed E-state index contributed by atoms with van der Waals surface area (Å²) in [4.78, 5) is 23.4. The van der Waals surface area contributed by atoms with Crippen molar-refractivity contribution in [1.29, 1.82) is 0 Å². The Morgan fingerprint density at radius 2 is 2.04 bits per heavy atom. The zero-order valence-corrected chi connectivity index (χ0v) is 15.5. The van der Waals surface area contributed by atoms with Crippen molar-refractivity contribution in [2.45, 2.75) is 38.6 Å². The van der Waals surface area contributed by atoms with Gasteiger partial charge in [0, 0.05) is 25.0 Å². The van der Waals surface area contributed by atoms with E-state index in [1.165, 1.54) is 6.42 Å². The lowest BCUT2D eigenvalue weighted by atomic mass is 10.0. The number of amides is 1. The Balaban J connectivity index is 1.73. The van der Waals surface area contributed by atoms with Gasteiger partial charge in [0.1, 0.15) is 0 Å². The van der Waals surface area contributed by atoms with Gasteiger partial charge in [-0.05, 0) is 37.8 Å². The number of aromatic nitrogens is 2. The minimum atomic E-state index is -0.318. The Morgan fingerprint density at radius 1 is 1.28 bits per heavy atom. The van der Waals surface area contributed by atoms with Gasteiger partial charge in [0.2, 0.25) is 5.95 Å². The Bertz CT molecular complexity index is 751. The summed E-state index contributed by atoms with van der Waals surface area (Å²) in [6, 6.07) is 5.56. The summed E-state index contributed by atoms with van der Waals surface area (Å²) < 4.78 is 0. The molecular weight excluding hydrogens is 359 g/mol. The maximum atomic E-state index is 12.4. The average molecular weight is 379 g/mol. The van der Waals surface area contributed by atoms with Crippen molar-refractivity contribution in [3.05, 3.63) is 46.2 Å². The van der Waals surface area contributed by atoms with Gasteiger partial charge >= 0.3 is 0 Å². The summed E-state index contributed by atoms with van der Waals surface area (Å²) in [6.45, 7) is 3.14. The molecule has 1 aliphatic heterocycles. The predicted octanol–water partition coefficient (Wildman–Crippen LogP) is 4.80. The van der Waals surface area contributed by atoms with Gasteiger partial charge in [-0.15, -0.1) is 0 Å². The van der Waals surface area contributed by atoms with Gasteiger partial charge in [0.25, 0.3) is 5.91 Å². The minimum absolute atomic E-state index is 0.314. The third kappa shape index (κ3) is 4.05. The van der Waals surface area contributed by atoms with Crippen molar-refractivity contribution < 1.29 is 4.79 Å². The summed E-state index contributed by atoms with van der Waals surface area (Å²) in [7, 11) is 0. The Hall–Kier alpha value is -1.85. The summed E-state index contributed by atoms with van der Waals surface area (Å²) in [5.74, 6) is 0.366. The molecule has 1 amide bonds. The van der Waals surface area contributed by atoms with E-state index in [4.69, 9.17) is 23.2 Å². The standard InChI is InChI=1S/C18H20Cl2N4O/c1-2-13-6-3-4-9-24(13)18-21-10-12(11-22-18)17(25)23-15-8-5-7-14(19)16(15)20/h5,7-8,10-11,13H,2-4,6,9H2,1H3,(H,23,25). The average Bonchev–Trinajstić information content (AvgIpc) is 2.65. The van der Waals surface area contributed by atoms with E-state index in [1.807, 2.05) is 0 Å². The maximum Gasteiger partial charge on any atom is 0.258 e. The lowest BCUT2D eigenvalue weighted by Gasteiger charge is -2.35. The van der Waals surface area contributed by atoms with Crippen LogP contribution in [0.1, 0.15) is 43.0 Å². The molecule has 132 valence electrons. The molecule has 3 rings (SSSR count). The Labute approximate surface area is 157 Å². The van der Waals surface area contributed by atoms with Gasteiger partial charge < -0.3 is 10.2 Å². The first-order chi connectivity index (χ1) is 12.1. The molecule has 1 fully saturated rings. The van der Waals surface area contributed by atoms with E-state index >= 15 is 0 Å². The largest absolute Gasteiger partial charge is 0.338 e. The van der Waals surface area contributed by atoms with Crippen molar-refractivity contribution in [2.75, 3.05) is 16.8 Å². The SMILES string of the molecule is CCC1CCCCN1c1ncc(C(=O)Nc2cccc(Cl)c2Cl)cn1. The number of nitrogens with zero attached hydrogens (tertiary/aromatic N) is 3. The highest BCUT2D eigenvalue weighted by molar-refractivity contribution is 6.44. The van der Waals surface area contributed by atoms with E-state index < -0.39 is 0 Å². The second kappa shape index (κ2) is 8.02. The summed E-state index contributed by atoms with van der Waals surface area (Å²) in [6.07, 6.45) is 7.73. The molecule has 5 nitrogen and oxygen atoms in total. The minimum Gasteiger partial charge on any atom is -0.338 e. The maximum absolute atomic E-state index is 12.4. The van der Waals surface area contributed by atoms with Gasteiger partial charge in [0.05, 0.1) is 21.3 Å². The van der Waals surface area contributed by atoms with E-state index in [0.717, 1.165) is 25.8 Å². The monoisotopic (exact) mass is 378 g/mol. The zero-order chi connectivity index (χ0) is 17.8. The fraction of sp³-hybridized carbons (Fsp3) is 0.389. The Morgan fingerprint density at radius 3 is 2.76 bits per heavy atom. The van der Waals surface area contributed by atoms with E-state index in [1.54, 1.807) is 30.6 Å². The number of piperidine rings is 1. The van der Waals surface area contributed by atoms with Crippen LogP contribution < -0.4 is 10.2 Å². The molecule has 1 aromatic carbocycles. The number of carbonyl (C=O) groups is 1. The number of nitrogens with one attached hydrogen (secondary N) is 1. The van der Waals surface area contributed by atoms with Crippen LogP contribution >= 0.6 is 23.2 Å². The lowest BCUT2D eigenvalue weighted by Crippen LogP contribution is -2.40. The molecule has 0 aliphatic carbocycles. The van der Waals surface area contributed by atoms with Crippen LogP contribution in [0.15, 0.2) is 30.6 Å². The van der Waals surface area contributed by atoms with Gasteiger partial charge in [-0.2, -0.15) is 0 Å². The van der Waals surface area contributed by atoms with Crippen LogP contribution in [-0.4, -0.2) is 28.5 Å². The molecule has 1 N–H and O–H groups in total. The van der Waals surface area contributed by atoms with Crippen molar-refractivity contribution >= 4 is 40.7 Å². The van der Waals surface area contributed by atoms with Gasteiger partial charge in [-0.3, -0.25) is 4.79 Å².